The molecule has 1 fully saturated rings. The fraction of sp³-hybridized carbons (Fsp3) is 0.286. The van der Waals surface area contributed by atoms with E-state index in [1.165, 1.54) is 0 Å². The molecular weight excluding hydrogens is 342 g/mol. The van der Waals surface area contributed by atoms with Crippen molar-refractivity contribution in [3.63, 3.8) is 0 Å². The van der Waals surface area contributed by atoms with Crippen molar-refractivity contribution in [1.82, 2.24) is 14.9 Å². The first-order chi connectivity index (χ1) is 13.2. The van der Waals surface area contributed by atoms with E-state index in [0.717, 1.165) is 44.1 Å². The van der Waals surface area contributed by atoms with Gasteiger partial charge in [-0.2, -0.15) is 0 Å². The summed E-state index contributed by atoms with van der Waals surface area (Å²) in [4.78, 5) is 22.4. The molecule has 3 aromatic rings. The summed E-state index contributed by atoms with van der Waals surface area (Å²) in [5, 5.41) is 9.35. The van der Waals surface area contributed by atoms with E-state index < -0.39 is 5.97 Å². The second-order valence-corrected chi connectivity index (χ2v) is 6.88. The molecule has 6 heteroatoms. The lowest BCUT2D eigenvalue weighted by Gasteiger charge is -2.14. The van der Waals surface area contributed by atoms with Gasteiger partial charge in [-0.05, 0) is 43.1 Å². The Morgan fingerprint density at radius 1 is 1.15 bits per heavy atom. The zero-order chi connectivity index (χ0) is 18.6. The third kappa shape index (κ3) is 4.06. The number of likely N-dealkylation sites (tertiary alicyclic amines) is 1. The molecule has 0 aliphatic carbocycles. The Labute approximate surface area is 157 Å². The van der Waals surface area contributed by atoms with Crippen LogP contribution in [0.3, 0.4) is 0 Å². The molecule has 0 amide bonds. The predicted molar refractivity (Wildman–Crippen MR) is 100 cm³/mol. The highest BCUT2D eigenvalue weighted by atomic mass is 16.4. The van der Waals surface area contributed by atoms with Crippen molar-refractivity contribution >= 4 is 5.97 Å². The molecule has 138 valence electrons. The van der Waals surface area contributed by atoms with Crippen LogP contribution in [-0.4, -0.2) is 39.0 Å². The Bertz CT molecular complexity index is 923. The maximum atomic E-state index is 11.4. The van der Waals surface area contributed by atoms with Gasteiger partial charge in [0, 0.05) is 30.9 Å². The zero-order valence-corrected chi connectivity index (χ0v) is 14.9. The van der Waals surface area contributed by atoms with Crippen molar-refractivity contribution in [2.45, 2.75) is 19.4 Å². The Kier molecular flexibility index (Phi) is 4.98. The average molecular weight is 363 g/mol. The quantitative estimate of drug-likeness (QED) is 0.722. The normalized spacial score (nSPS) is 17.3. The Hall–Kier alpha value is -2.99. The van der Waals surface area contributed by atoms with Gasteiger partial charge in [-0.3, -0.25) is 4.90 Å². The number of carbonyl (C=O) groups is 1. The number of carboxylic acid groups (broad SMARTS) is 1. The highest BCUT2D eigenvalue weighted by Crippen LogP contribution is 2.28. The molecule has 0 bridgehead atoms. The largest absolute Gasteiger partial charge is 0.478 e. The molecule has 1 aliphatic rings. The number of aromatic nitrogens is 2. The maximum absolute atomic E-state index is 11.4. The van der Waals surface area contributed by atoms with E-state index >= 15 is 0 Å². The Balaban J connectivity index is 1.40. The summed E-state index contributed by atoms with van der Waals surface area (Å²) < 4.78 is 5.95. The third-order valence-electron chi connectivity index (χ3n) is 4.92. The van der Waals surface area contributed by atoms with Crippen LogP contribution in [0.2, 0.25) is 0 Å². The lowest BCUT2D eigenvalue weighted by Crippen LogP contribution is -2.20. The van der Waals surface area contributed by atoms with Crippen LogP contribution in [0, 0.1) is 5.92 Å². The van der Waals surface area contributed by atoms with Crippen molar-refractivity contribution < 1.29 is 14.3 Å². The average Bonchev–Trinajstić information content (AvgIpc) is 3.32. The summed E-state index contributed by atoms with van der Waals surface area (Å²) in [5.41, 5.74) is 0.860. The van der Waals surface area contributed by atoms with Crippen LogP contribution in [0.15, 0.2) is 59.3 Å². The first-order valence-corrected chi connectivity index (χ1v) is 9.08. The van der Waals surface area contributed by atoms with Gasteiger partial charge in [0.15, 0.2) is 0 Å². The van der Waals surface area contributed by atoms with E-state index in [9.17, 15) is 9.90 Å². The van der Waals surface area contributed by atoms with E-state index in [-0.39, 0.29) is 5.56 Å². The summed E-state index contributed by atoms with van der Waals surface area (Å²) >= 11 is 0. The summed E-state index contributed by atoms with van der Waals surface area (Å²) in [7, 11) is 0. The first kappa shape index (κ1) is 17.4. The number of nitrogens with zero attached hydrogens (tertiary/aromatic N) is 3. The molecule has 1 saturated heterocycles. The molecule has 27 heavy (non-hydrogen) atoms. The molecule has 1 aromatic carbocycles. The molecule has 6 nitrogen and oxygen atoms in total. The van der Waals surface area contributed by atoms with Crippen LogP contribution >= 0.6 is 0 Å². The van der Waals surface area contributed by atoms with Gasteiger partial charge >= 0.3 is 5.97 Å². The van der Waals surface area contributed by atoms with Crippen LogP contribution in [-0.2, 0) is 13.0 Å². The number of hydrogen-bond donors (Lipinski definition) is 1. The Morgan fingerprint density at radius 3 is 2.78 bits per heavy atom. The van der Waals surface area contributed by atoms with Gasteiger partial charge in [0.25, 0.3) is 0 Å². The van der Waals surface area contributed by atoms with E-state index in [1.54, 1.807) is 30.6 Å². The molecule has 1 N–H and O–H groups in total. The fourth-order valence-electron chi connectivity index (χ4n) is 3.63. The van der Waals surface area contributed by atoms with Crippen molar-refractivity contribution in [1.29, 1.82) is 0 Å². The molecular formula is C21H21N3O3. The number of furan rings is 1. The monoisotopic (exact) mass is 363 g/mol. The van der Waals surface area contributed by atoms with Gasteiger partial charge in [-0.15, -0.1) is 0 Å². The summed E-state index contributed by atoms with van der Waals surface area (Å²) in [6.07, 6.45) is 5.59. The molecule has 3 heterocycles. The molecule has 0 radical (unpaired) electrons. The van der Waals surface area contributed by atoms with Crippen molar-refractivity contribution in [3.05, 3.63) is 72.0 Å². The summed E-state index contributed by atoms with van der Waals surface area (Å²) in [6, 6.07) is 12.5. The smallest absolute Gasteiger partial charge is 0.336 e. The minimum absolute atomic E-state index is 0.252. The highest BCUT2D eigenvalue weighted by Gasteiger charge is 2.24. The van der Waals surface area contributed by atoms with Crippen molar-refractivity contribution in [2.24, 2.45) is 5.92 Å². The van der Waals surface area contributed by atoms with E-state index in [0.29, 0.717) is 17.2 Å². The standard InChI is InChI=1S/C21H21N3O3/c25-21(26)18-5-2-1-4-17(18)19-7-6-16(27-19)14-24-11-8-15(13-24)12-20-22-9-3-10-23-20/h1-7,9-10,15H,8,11-14H2,(H,25,26)/t15-/m1/s1. The van der Waals surface area contributed by atoms with Gasteiger partial charge < -0.3 is 9.52 Å². The highest BCUT2D eigenvalue weighted by molar-refractivity contribution is 5.95. The van der Waals surface area contributed by atoms with Gasteiger partial charge in [-0.1, -0.05) is 18.2 Å². The van der Waals surface area contributed by atoms with Crippen LogP contribution in [0.25, 0.3) is 11.3 Å². The molecule has 0 unspecified atom stereocenters. The van der Waals surface area contributed by atoms with Crippen molar-refractivity contribution in [2.75, 3.05) is 13.1 Å². The number of benzene rings is 1. The third-order valence-corrected chi connectivity index (χ3v) is 4.92. The lowest BCUT2D eigenvalue weighted by atomic mass is 10.0. The lowest BCUT2D eigenvalue weighted by molar-refractivity contribution is 0.0697. The molecule has 0 saturated carbocycles. The minimum Gasteiger partial charge on any atom is -0.478 e. The van der Waals surface area contributed by atoms with Gasteiger partial charge in [0.05, 0.1) is 12.1 Å². The number of aromatic carboxylic acids is 1. The van der Waals surface area contributed by atoms with Crippen LogP contribution in [0.5, 0.6) is 0 Å². The van der Waals surface area contributed by atoms with Crippen molar-refractivity contribution in [3.8, 4) is 11.3 Å². The van der Waals surface area contributed by atoms with E-state index in [4.69, 9.17) is 4.42 Å². The SMILES string of the molecule is O=C(O)c1ccccc1-c1ccc(CN2CC[C@H](Cc3ncccn3)C2)o1. The van der Waals surface area contributed by atoms with Crippen LogP contribution < -0.4 is 0 Å². The molecule has 2 aromatic heterocycles. The van der Waals surface area contributed by atoms with Crippen LogP contribution in [0.1, 0.15) is 28.4 Å². The number of rotatable bonds is 6. The van der Waals surface area contributed by atoms with Gasteiger partial charge in [0.1, 0.15) is 17.3 Å². The Morgan fingerprint density at radius 2 is 1.96 bits per heavy atom. The predicted octanol–water partition coefficient (Wildman–Crippen LogP) is 3.50. The molecule has 4 rings (SSSR count). The maximum Gasteiger partial charge on any atom is 0.336 e. The topological polar surface area (TPSA) is 79.5 Å². The van der Waals surface area contributed by atoms with Crippen LogP contribution in [0.4, 0.5) is 0 Å². The van der Waals surface area contributed by atoms with Gasteiger partial charge in [0.2, 0.25) is 0 Å². The second-order valence-electron chi connectivity index (χ2n) is 6.88. The van der Waals surface area contributed by atoms with E-state index in [2.05, 4.69) is 14.9 Å². The summed E-state index contributed by atoms with van der Waals surface area (Å²) in [5.74, 6) is 1.94. The molecule has 0 spiro atoms. The van der Waals surface area contributed by atoms with E-state index in [1.807, 2.05) is 24.3 Å². The number of hydrogen-bond acceptors (Lipinski definition) is 5. The second kappa shape index (κ2) is 7.72. The molecule has 1 aliphatic heterocycles. The summed E-state index contributed by atoms with van der Waals surface area (Å²) in [6.45, 7) is 2.72. The molecule has 1 atom stereocenters. The van der Waals surface area contributed by atoms with Gasteiger partial charge in [-0.25, -0.2) is 14.8 Å². The minimum atomic E-state index is -0.950. The fourth-order valence-corrected chi connectivity index (χ4v) is 3.63. The first-order valence-electron chi connectivity index (χ1n) is 9.08. The zero-order valence-electron chi connectivity index (χ0n) is 14.9. The number of carboxylic acids is 1.